The van der Waals surface area contributed by atoms with Crippen LogP contribution < -0.4 is 10.6 Å². The number of hydrogen-bond acceptors (Lipinski definition) is 5. The first-order chi connectivity index (χ1) is 11.8. The summed E-state index contributed by atoms with van der Waals surface area (Å²) in [6, 6.07) is 8.57. The summed E-state index contributed by atoms with van der Waals surface area (Å²) >= 11 is 0. The number of amides is 1. The molecule has 7 nitrogen and oxygen atoms in total. The molecule has 2 aliphatic heterocycles. The lowest BCUT2D eigenvalue weighted by Crippen LogP contribution is -2.42. The molecule has 4 heterocycles. The molecule has 24 heavy (non-hydrogen) atoms. The van der Waals surface area contributed by atoms with Gasteiger partial charge >= 0.3 is 0 Å². The van der Waals surface area contributed by atoms with Crippen LogP contribution in [-0.4, -0.2) is 38.8 Å². The van der Waals surface area contributed by atoms with Gasteiger partial charge < -0.3 is 15.1 Å². The van der Waals surface area contributed by atoms with Gasteiger partial charge in [-0.25, -0.2) is 4.98 Å². The molecule has 2 saturated heterocycles. The smallest absolute Gasteiger partial charge is 0.251 e. The minimum Gasteiger partial charge on any atom is -0.438 e. The second-order valence-corrected chi connectivity index (χ2v) is 6.54. The Labute approximate surface area is 138 Å². The van der Waals surface area contributed by atoms with E-state index in [9.17, 15) is 4.79 Å². The summed E-state index contributed by atoms with van der Waals surface area (Å²) < 4.78 is 7.30. The molecule has 1 amide bonds. The van der Waals surface area contributed by atoms with Gasteiger partial charge in [0.15, 0.2) is 0 Å². The first-order valence-electron chi connectivity index (χ1n) is 8.22. The van der Waals surface area contributed by atoms with Gasteiger partial charge in [-0.1, -0.05) is 0 Å². The fraction of sp³-hybridized carbons (Fsp3) is 0.353. The zero-order valence-corrected chi connectivity index (χ0v) is 13.0. The summed E-state index contributed by atoms with van der Waals surface area (Å²) in [5, 5.41) is 11.6. The van der Waals surface area contributed by atoms with Crippen molar-refractivity contribution in [3.8, 4) is 5.88 Å². The summed E-state index contributed by atoms with van der Waals surface area (Å²) in [6.07, 6.45) is 6.43. The van der Waals surface area contributed by atoms with E-state index in [0.29, 0.717) is 23.5 Å². The van der Waals surface area contributed by atoms with E-state index in [0.717, 1.165) is 23.8 Å². The molecular formula is C17H17N5O2. The third kappa shape index (κ3) is 2.20. The molecule has 0 spiro atoms. The molecule has 2 aromatic heterocycles. The van der Waals surface area contributed by atoms with E-state index in [1.807, 2.05) is 18.2 Å². The molecule has 2 aliphatic rings. The zero-order valence-electron chi connectivity index (χ0n) is 13.0. The monoisotopic (exact) mass is 323 g/mol. The van der Waals surface area contributed by atoms with Gasteiger partial charge in [-0.05, 0) is 37.5 Å². The van der Waals surface area contributed by atoms with E-state index in [4.69, 9.17) is 4.42 Å². The highest BCUT2D eigenvalue weighted by Crippen LogP contribution is 2.29. The largest absolute Gasteiger partial charge is 0.438 e. The Hall–Kier alpha value is -2.67. The van der Waals surface area contributed by atoms with Gasteiger partial charge in [-0.3, -0.25) is 4.79 Å². The maximum Gasteiger partial charge on any atom is 0.251 e. The number of fused-ring (bicyclic) bond motifs is 3. The Balaban J connectivity index is 1.39. The number of benzene rings is 1. The van der Waals surface area contributed by atoms with Gasteiger partial charge in [-0.15, -0.1) is 0 Å². The van der Waals surface area contributed by atoms with Gasteiger partial charge in [0.25, 0.3) is 5.91 Å². The van der Waals surface area contributed by atoms with Crippen molar-refractivity contribution in [2.45, 2.75) is 37.4 Å². The molecule has 122 valence electrons. The van der Waals surface area contributed by atoms with Crippen LogP contribution in [0.1, 0.15) is 29.6 Å². The molecule has 2 fully saturated rings. The van der Waals surface area contributed by atoms with Crippen LogP contribution in [0.15, 0.2) is 41.3 Å². The summed E-state index contributed by atoms with van der Waals surface area (Å²) in [7, 11) is 0. The average molecular weight is 323 g/mol. The molecule has 0 radical (unpaired) electrons. The number of furan rings is 1. The fourth-order valence-electron chi connectivity index (χ4n) is 3.84. The van der Waals surface area contributed by atoms with Gasteiger partial charge in [-0.2, -0.15) is 9.78 Å². The highest BCUT2D eigenvalue weighted by atomic mass is 16.4. The maximum absolute atomic E-state index is 12.6. The first-order valence-corrected chi connectivity index (χ1v) is 8.22. The second-order valence-electron chi connectivity index (χ2n) is 6.54. The van der Waals surface area contributed by atoms with Gasteiger partial charge in [0, 0.05) is 35.1 Å². The third-order valence-electron chi connectivity index (χ3n) is 5.03. The van der Waals surface area contributed by atoms with Crippen LogP contribution in [0.3, 0.4) is 0 Å². The SMILES string of the molecule is O=C(N[C@@H]1C[C@H]2CC[C@@H]1N2)c1ccc2oc(-n3cncn3)cc2c1. The van der Waals surface area contributed by atoms with E-state index in [-0.39, 0.29) is 11.9 Å². The van der Waals surface area contributed by atoms with Crippen molar-refractivity contribution < 1.29 is 9.21 Å². The minimum absolute atomic E-state index is 0.0280. The van der Waals surface area contributed by atoms with E-state index < -0.39 is 0 Å². The number of rotatable bonds is 3. The van der Waals surface area contributed by atoms with Crippen molar-refractivity contribution >= 4 is 16.9 Å². The molecule has 5 rings (SSSR count). The lowest BCUT2D eigenvalue weighted by atomic mass is 9.95. The minimum atomic E-state index is -0.0280. The fourth-order valence-corrected chi connectivity index (χ4v) is 3.84. The van der Waals surface area contributed by atoms with Crippen molar-refractivity contribution in [1.29, 1.82) is 0 Å². The van der Waals surface area contributed by atoms with Gasteiger partial charge in [0.1, 0.15) is 18.2 Å². The maximum atomic E-state index is 12.6. The number of carbonyl (C=O) groups excluding carboxylic acids is 1. The topological polar surface area (TPSA) is 85.0 Å². The van der Waals surface area contributed by atoms with E-state index in [2.05, 4.69) is 20.7 Å². The van der Waals surface area contributed by atoms with Crippen molar-refractivity contribution in [2.75, 3.05) is 0 Å². The number of nitrogens with zero attached hydrogens (tertiary/aromatic N) is 3. The summed E-state index contributed by atoms with van der Waals surface area (Å²) in [5.41, 5.74) is 1.37. The van der Waals surface area contributed by atoms with Crippen molar-refractivity contribution in [1.82, 2.24) is 25.4 Å². The number of nitrogens with one attached hydrogen (secondary N) is 2. The Morgan fingerprint density at radius 2 is 2.29 bits per heavy atom. The van der Waals surface area contributed by atoms with Crippen LogP contribution in [0.4, 0.5) is 0 Å². The number of hydrogen-bond donors (Lipinski definition) is 2. The van der Waals surface area contributed by atoms with Gasteiger partial charge in [0.05, 0.1) is 0 Å². The van der Waals surface area contributed by atoms with E-state index >= 15 is 0 Å². The van der Waals surface area contributed by atoms with Crippen LogP contribution in [0.5, 0.6) is 0 Å². The van der Waals surface area contributed by atoms with Crippen molar-refractivity contribution in [3.05, 3.63) is 42.5 Å². The second kappa shape index (κ2) is 5.17. The number of carbonyl (C=O) groups is 1. The predicted octanol–water partition coefficient (Wildman–Crippen LogP) is 1.64. The number of aromatic nitrogens is 3. The molecule has 3 aromatic rings. The Bertz CT molecular complexity index is 901. The molecule has 3 atom stereocenters. The van der Waals surface area contributed by atoms with Crippen LogP contribution in [-0.2, 0) is 0 Å². The Morgan fingerprint density at radius 3 is 3.04 bits per heavy atom. The summed E-state index contributed by atoms with van der Waals surface area (Å²) in [6.45, 7) is 0. The molecule has 2 bridgehead atoms. The third-order valence-corrected chi connectivity index (χ3v) is 5.03. The molecule has 1 aromatic carbocycles. The summed E-state index contributed by atoms with van der Waals surface area (Å²) in [4.78, 5) is 16.5. The van der Waals surface area contributed by atoms with Crippen LogP contribution in [0, 0.1) is 0 Å². The lowest BCUT2D eigenvalue weighted by Gasteiger charge is -2.21. The van der Waals surface area contributed by atoms with Crippen molar-refractivity contribution in [2.24, 2.45) is 0 Å². The molecule has 0 saturated carbocycles. The van der Waals surface area contributed by atoms with Crippen molar-refractivity contribution in [3.63, 3.8) is 0 Å². The molecule has 7 heteroatoms. The van der Waals surface area contributed by atoms with Crippen LogP contribution >= 0.6 is 0 Å². The Morgan fingerprint density at radius 1 is 1.33 bits per heavy atom. The highest BCUT2D eigenvalue weighted by molar-refractivity contribution is 5.98. The quantitative estimate of drug-likeness (QED) is 0.765. The molecule has 2 N–H and O–H groups in total. The van der Waals surface area contributed by atoms with E-state index in [1.165, 1.54) is 12.7 Å². The normalized spacial score (nSPS) is 25.4. The summed E-state index contributed by atoms with van der Waals surface area (Å²) in [5.74, 6) is 0.553. The zero-order chi connectivity index (χ0) is 16.1. The lowest BCUT2D eigenvalue weighted by molar-refractivity contribution is 0.0931. The molecular weight excluding hydrogens is 306 g/mol. The van der Waals surface area contributed by atoms with E-state index in [1.54, 1.807) is 17.1 Å². The first kappa shape index (κ1) is 13.7. The standard InChI is InChI=1S/C17H17N5O2/c23-17(21-14-7-12-2-3-13(14)20-12)10-1-4-15-11(5-10)6-16(24-15)22-9-18-8-19-22/h1,4-6,8-9,12-14,20H,2-3,7H2,(H,21,23)/t12-,13+,14-/m1/s1. The highest BCUT2D eigenvalue weighted by Gasteiger charge is 2.39. The average Bonchev–Trinajstić information content (AvgIpc) is 3.35. The molecule has 0 unspecified atom stereocenters. The van der Waals surface area contributed by atoms with Crippen LogP contribution in [0.25, 0.3) is 16.9 Å². The Kier molecular flexibility index (Phi) is 2.96. The van der Waals surface area contributed by atoms with Crippen LogP contribution in [0.2, 0.25) is 0 Å². The molecule has 0 aliphatic carbocycles. The van der Waals surface area contributed by atoms with Gasteiger partial charge in [0.2, 0.25) is 5.88 Å². The predicted molar refractivity (Wildman–Crippen MR) is 86.9 cm³/mol.